The van der Waals surface area contributed by atoms with Crippen molar-refractivity contribution in [1.29, 1.82) is 0 Å². The van der Waals surface area contributed by atoms with Gasteiger partial charge in [0.15, 0.2) is 6.29 Å². The zero-order chi connectivity index (χ0) is 13.1. The molecule has 92 valence electrons. The van der Waals surface area contributed by atoms with E-state index < -0.39 is 5.82 Å². The van der Waals surface area contributed by atoms with E-state index in [0.29, 0.717) is 12.2 Å². The fourth-order valence-corrected chi connectivity index (χ4v) is 1.89. The SMILES string of the molecule is CC(C)c1cccc(-c2ccc(F)c(C=O)c2)c1. The molecule has 2 heteroatoms. The molecular weight excluding hydrogens is 227 g/mol. The highest BCUT2D eigenvalue weighted by Gasteiger charge is 2.06. The van der Waals surface area contributed by atoms with Crippen molar-refractivity contribution in [3.8, 4) is 11.1 Å². The van der Waals surface area contributed by atoms with Crippen LogP contribution in [0.15, 0.2) is 42.5 Å². The number of carbonyl (C=O) groups is 1. The van der Waals surface area contributed by atoms with Gasteiger partial charge in [0.25, 0.3) is 0 Å². The van der Waals surface area contributed by atoms with Gasteiger partial charge in [-0.3, -0.25) is 4.79 Å². The summed E-state index contributed by atoms with van der Waals surface area (Å²) in [7, 11) is 0. The molecular formula is C16H15FO. The molecule has 0 aliphatic rings. The molecule has 2 aromatic rings. The highest BCUT2D eigenvalue weighted by atomic mass is 19.1. The standard InChI is InChI=1S/C16H15FO/c1-11(2)12-4-3-5-13(8-12)14-6-7-16(17)15(9-14)10-18/h3-11H,1-2H3. The van der Waals surface area contributed by atoms with Gasteiger partial charge < -0.3 is 0 Å². The van der Waals surface area contributed by atoms with Gasteiger partial charge in [0.1, 0.15) is 5.82 Å². The number of hydrogen-bond acceptors (Lipinski definition) is 1. The molecule has 18 heavy (non-hydrogen) atoms. The van der Waals surface area contributed by atoms with Gasteiger partial charge in [0.05, 0.1) is 5.56 Å². The number of carbonyl (C=O) groups excluding carboxylic acids is 1. The van der Waals surface area contributed by atoms with Crippen LogP contribution in [0, 0.1) is 5.82 Å². The van der Waals surface area contributed by atoms with E-state index in [-0.39, 0.29) is 5.56 Å². The van der Waals surface area contributed by atoms with Crippen LogP contribution in [0.2, 0.25) is 0 Å². The molecule has 0 aromatic heterocycles. The second kappa shape index (κ2) is 5.13. The van der Waals surface area contributed by atoms with Crippen molar-refractivity contribution in [1.82, 2.24) is 0 Å². The average Bonchev–Trinajstić information content (AvgIpc) is 2.39. The smallest absolute Gasteiger partial charge is 0.153 e. The average molecular weight is 242 g/mol. The van der Waals surface area contributed by atoms with E-state index in [4.69, 9.17) is 0 Å². The summed E-state index contributed by atoms with van der Waals surface area (Å²) < 4.78 is 13.3. The van der Waals surface area contributed by atoms with Gasteiger partial charge in [-0.15, -0.1) is 0 Å². The summed E-state index contributed by atoms with van der Waals surface area (Å²) in [4.78, 5) is 10.7. The minimum atomic E-state index is -0.478. The molecule has 0 radical (unpaired) electrons. The first-order chi connectivity index (χ1) is 8.61. The van der Waals surface area contributed by atoms with Crippen LogP contribution in [-0.2, 0) is 0 Å². The summed E-state index contributed by atoms with van der Waals surface area (Å²) in [6.07, 6.45) is 0.547. The molecule has 0 heterocycles. The van der Waals surface area contributed by atoms with Crippen molar-refractivity contribution >= 4 is 6.29 Å². The first-order valence-electron chi connectivity index (χ1n) is 5.97. The summed E-state index contributed by atoms with van der Waals surface area (Å²) in [5.41, 5.74) is 3.19. The fourth-order valence-electron chi connectivity index (χ4n) is 1.89. The molecule has 0 N–H and O–H groups in total. The second-order valence-corrected chi connectivity index (χ2v) is 4.63. The Labute approximate surface area is 106 Å². The topological polar surface area (TPSA) is 17.1 Å². The minimum Gasteiger partial charge on any atom is -0.298 e. The van der Waals surface area contributed by atoms with E-state index in [1.807, 2.05) is 12.1 Å². The third-order valence-electron chi connectivity index (χ3n) is 3.01. The molecule has 0 fully saturated rings. The van der Waals surface area contributed by atoms with Crippen LogP contribution in [0.25, 0.3) is 11.1 Å². The summed E-state index contributed by atoms with van der Waals surface area (Å²) in [6.45, 7) is 4.25. The lowest BCUT2D eigenvalue weighted by Gasteiger charge is -2.09. The number of benzene rings is 2. The molecule has 0 aliphatic carbocycles. The molecule has 0 saturated heterocycles. The Morgan fingerprint density at radius 1 is 1.06 bits per heavy atom. The van der Waals surface area contributed by atoms with Gasteiger partial charge in [-0.1, -0.05) is 44.2 Å². The van der Waals surface area contributed by atoms with E-state index in [1.54, 1.807) is 12.1 Å². The van der Waals surface area contributed by atoms with Gasteiger partial charge >= 0.3 is 0 Å². The molecule has 0 amide bonds. The molecule has 0 aliphatic heterocycles. The van der Waals surface area contributed by atoms with Gasteiger partial charge in [-0.25, -0.2) is 4.39 Å². The molecule has 2 rings (SSSR count). The minimum absolute atomic E-state index is 0.0995. The third-order valence-corrected chi connectivity index (χ3v) is 3.01. The molecule has 0 bridgehead atoms. The lowest BCUT2D eigenvalue weighted by Crippen LogP contribution is -1.91. The zero-order valence-corrected chi connectivity index (χ0v) is 10.5. The summed E-state index contributed by atoms with van der Waals surface area (Å²) in [5.74, 6) is -0.0373. The number of halogens is 1. The van der Waals surface area contributed by atoms with Crippen LogP contribution < -0.4 is 0 Å². The largest absolute Gasteiger partial charge is 0.298 e. The molecule has 0 unspecified atom stereocenters. The van der Waals surface area contributed by atoms with E-state index in [9.17, 15) is 9.18 Å². The Morgan fingerprint density at radius 2 is 1.78 bits per heavy atom. The van der Waals surface area contributed by atoms with E-state index in [1.165, 1.54) is 11.6 Å². The zero-order valence-electron chi connectivity index (χ0n) is 10.5. The van der Waals surface area contributed by atoms with E-state index >= 15 is 0 Å². The first-order valence-corrected chi connectivity index (χ1v) is 5.97. The summed E-state index contributed by atoms with van der Waals surface area (Å²) in [5, 5.41) is 0. The lowest BCUT2D eigenvalue weighted by molar-refractivity contribution is 0.112. The number of rotatable bonds is 3. The second-order valence-electron chi connectivity index (χ2n) is 4.63. The fraction of sp³-hybridized carbons (Fsp3) is 0.188. The van der Waals surface area contributed by atoms with Crippen LogP contribution in [0.1, 0.15) is 35.7 Å². The third kappa shape index (κ3) is 2.48. The van der Waals surface area contributed by atoms with Crippen LogP contribution in [0.4, 0.5) is 4.39 Å². The Hall–Kier alpha value is -1.96. The van der Waals surface area contributed by atoms with Gasteiger partial charge in [0, 0.05) is 0 Å². The Kier molecular flexibility index (Phi) is 3.56. The van der Waals surface area contributed by atoms with Crippen LogP contribution >= 0.6 is 0 Å². The maximum Gasteiger partial charge on any atom is 0.153 e. The maximum atomic E-state index is 13.3. The van der Waals surface area contributed by atoms with E-state index in [2.05, 4.69) is 26.0 Å². The maximum absolute atomic E-state index is 13.3. The van der Waals surface area contributed by atoms with Crippen molar-refractivity contribution in [2.45, 2.75) is 19.8 Å². The van der Waals surface area contributed by atoms with Crippen molar-refractivity contribution in [3.63, 3.8) is 0 Å². The van der Waals surface area contributed by atoms with Gasteiger partial charge in [0.2, 0.25) is 0 Å². The predicted octanol–water partition coefficient (Wildman–Crippen LogP) is 4.43. The van der Waals surface area contributed by atoms with Crippen LogP contribution in [-0.4, -0.2) is 6.29 Å². The first kappa shape index (κ1) is 12.5. The summed E-state index contributed by atoms with van der Waals surface area (Å²) >= 11 is 0. The van der Waals surface area contributed by atoms with E-state index in [0.717, 1.165) is 11.1 Å². The Bertz CT molecular complexity index is 573. The highest BCUT2D eigenvalue weighted by molar-refractivity contribution is 5.79. The molecule has 0 spiro atoms. The Balaban J connectivity index is 2.48. The molecule has 0 saturated carbocycles. The lowest BCUT2D eigenvalue weighted by atomic mass is 9.96. The number of aldehydes is 1. The van der Waals surface area contributed by atoms with Crippen LogP contribution in [0.3, 0.4) is 0 Å². The molecule has 0 atom stereocenters. The van der Waals surface area contributed by atoms with Crippen molar-refractivity contribution < 1.29 is 9.18 Å². The normalized spacial score (nSPS) is 10.7. The molecule has 1 nitrogen and oxygen atoms in total. The Morgan fingerprint density at radius 3 is 2.44 bits per heavy atom. The van der Waals surface area contributed by atoms with Crippen molar-refractivity contribution in [3.05, 3.63) is 59.4 Å². The van der Waals surface area contributed by atoms with Crippen molar-refractivity contribution in [2.75, 3.05) is 0 Å². The van der Waals surface area contributed by atoms with Gasteiger partial charge in [-0.2, -0.15) is 0 Å². The van der Waals surface area contributed by atoms with Crippen LogP contribution in [0.5, 0.6) is 0 Å². The summed E-state index contributed by atoms with van der Waals surface area (Å²) in [6, 6.07) is 12.7. The highest BCUT2D eigenvalue weighted by Crippen LogP contribution is 2.25. The number of hydrogen-bond donors (Lipinski definition) is 0. The van der Waals surface area contributed by atoms with Gasteiger partial charge in [-0.05, 0) is 34.7 Å². The monoisotopic (exact) mass is 242 g/mol. The predicted molar refractivity (Wildman–Crippen MR) is 71.3 cm³/mol. The van der Waals surface area contributed by atoms with Crippen molar-refractivity contribution in [2.24, 2.45) is 0 Å². The quantitative estimate of drug-likeness (QED) is 0.728. The molecule has 2 aromatic carbocycles.